The summed E-state index contributed by atoms with van der Waals surface area (Å²) >= 11 is 11.9. The van der Waals surface area contributed by atoms with Crippen molar-refractivity contribution < 1.29 is 40.7 Å². The summed E-state index contributed by atoms with van der Waals surface area (Å²) in [5, 5.41) is 7.47. The van der Waals surface area contributed by atoms with Gasteiger partial charge in [-0.3, -0.25) is 14.6 Å². The van der Waals surface area contributed by atoms with Crippen molar-refractivity contribution in [2.45, 2.75) is 60.8 Å². The number of amides is 2. The standard InChI is InChI=1S/C19H18BrN3O4S.C13H14ClNO3.C6H7BrN2O2S.2H2S/c20-14-8-9-17-15(11-14)21-18(22-28(17,25)26)16-7-4-10-23(16)19(24)27-12-13-5-2-1-3-6-13;14-12(16)11-7-4-8-15(11)13(17)18-9-10-5-2-1-3-6-10;7-4-1-2-6(5(8)3-4)12(9,10)11;;/h1-3,5-6,8-9,11,16H,4,7,10,12H2,(H,21,22);1-3,5-6,11H,4,7-9H2;1-3H,8H2,(H2,9,10,11);2*1H2. The predicted molar refractivity (Wildman–Crippen MR) is 247 cm³/mol. The Balaban J connectivity index is 0.000000259. The fourth-order valence-corrected chi connectivity index (χ4v) is 8.95. The van der Waals surface area contributed by atoms with Gasteiger partial charge in [-0.15, -0.1) is 4.40 Å². The van der Waals surface area contributed by atoms with Crippen molar-refractivity contribution in [1.82, 2.24) is 9.80 Å². The maximum absolute atomic E-state index is 12.6. The van der Waals surface area contributed by atoms with Crippen molar-refractivity contribution >= 4 is 125 Å². The number of carbonyl (C=O) groups is 3. The van der Waals surface area contributed by atoms with Gasteiger partial charge in [0.1, 0.15) is 34.9 Å². The first-order valence-electron chi connectivity index (χ1n) is 17.7. The number of likely N-dealkylation sites (tertiary alicyclic amines) is 2. The van der Waals surface area contributed by atoms with Gasteiger partial charge in [-0.1, -0.05) is 92.5 Å². The highest BCUT2D eigenvalue weighted by atomic mass is 79.9. The van der Waals surface area contributed by atoms with E-state index >= 15 is 0 Å². The number of anilines is 2. The summed E-state index contributed by atoms with van der Waals surface area (Å²) in [4.78, 5) is 38.6. The molecule has 0 radical (unpaired) electrons. The largest absolute Gasteiger partial charge is 0.445 e. The van der Waals surface area contributed by atoms with Crippen LogP contribution in [0.5, 0.6) is 0 Å². The highest BCUT2D eigenvalue weighted by Gasteiger charge is 2.38. The molecule has 2 fully saturated rings. The summed E-state index contributed by atoms with van der Waals surface area (Å²) < 4.78 is 62.8. The Kier molecular flexibility index (Phi) is 19.2. The predicted octanol–water partition coefficient (Wildman–Crippen LogP) is 7.22. The Labute approximate surface area is 384 Å². The maximum Gasteiger partial charge on any atom is 0.410 e. The van der Waals surface area contributed by atoms with E-state index in [0.29, 0.717) is 36.1 Å². The first-order chi connectivity index (χ1) is 27.5. The number of rotatable bonds is 7. The Morgan fingerprint density at radius 1 is 0.800 bits per heavy atom. The second-order valence-electron chi connectivity index (χ2n) is 13.0. The van der Waals surface area contributed by atoms with Crippen molar-refractivity contribution in [3.8, 4) is 0 Å². The Morgan fingerprint density at radius 2 is 1.32 bits per heavy atom. The Hall–Kier alpha value is -3.83. The van der Waals surface area contributed by atoms with E-state index in [2.05, 4.69) is 41.6 Å². The van der Waals surface area contributed by atoms with Gasteiger partial charge in [0.2, 0.25) is 15.3 Å². The SMILES string of the molecule is Nc1cc(Br)ccc1S(N)(=O)=O.O=C(Cl)C1CCCN1C(=O)OCc1ccccc1.O=C(OCc1ccccc1)N1CCCC1C1=NS(=O)(=O)c2ccc(Br)cc2N1.S.S. The molecule has 0 bridgehead atoms. The molecule has 3 heterocycles. The molecule has 0 spiro atoms. The number of halogens is 3. The molecule has 5 N–H and O–H groups in total. The number of hydrogen-bond acceptors (Lipinski definition) is 11. The van der Waals surface area contributed by atoms with Crippen LogP contribution in [0.3, 0.4) is 0 Å². The molecule has 0 saturated carbocycles. The van der Waals surface area contributed by atoms with Gasteiger partial charge in [-0.25, -0.2) is 23.1 Å². The average Bonchev–Trinajstić information content (AvgIpc) is 3.88. The van der Waals surface area contributed by atoms with Gasteiger partial charge in [0.05, 0.1) is 17.4 Å². The van der Waals surface area contributed by atoms with Crippen LogP contribution in [0.25, 0.3) is 0 Å². The van der Waals surface area contributed by atoms with Crippen molar-refractivity contribution in [2.24, 2.45) is 9.54 Å². The molecule has 2 saturated heterocycles. The van der Waals surface area contributed by atoms with Crippen LogP contribution in [0.15, 0.2) is 120 Å². The first-order valence-corrected chi connectivity index (χ1v) is 22.6. The van der Waals surface area contributed by atoms with Gasteiger partial charge >= 0.3 is 12.2 Å². The number of hydrogen-bond donors (Lipinski definition) is 3. The van der Waals surface area contributed by atoms with Gasteiger partial charge in [0.25, 0.3) is 10.0 Å². The van der Waals surface area contributed by atoms with Crippen LogP contribution in [-0.4, -0.2) is 75.1 Å². The monoisotopic (exact) mass is 1050 g/mol. The number of sulfonamides is 2. The normalized spacial score (nSPS) is 17.3. The summed E-state index contributed by atoms with van der Waals surface area (Å²) in [6.45, 7) is 1.39. The van der Waals surface area contributed by atoms with Crippen LogP contribution in [-0.2, 0) is 47.5 Å². The lowest BCUT2D eigenvalue weighted by atomic mass is 10.2. The lowest BCUT2D eigenvalue weighted by Gasteiger charge is -2.28. The smallest absolute Gasteiger partial charge is 0.410 e. The van der Waals surface area contributed by atoms with Crippen molar-refractivity contribution in [1.29, 1.82) is 0 Å². The number of nitrogen functional groups attached to an aromatic ring is 1. The van der Waals surface area contributed by atoms with Crippen LogP contribution < -0.4 is 16.2 Å². The highest BCUT2D eigenvalue weighted by molar-refractivity contribution is 9.10. The molecule has 324 valence electrons. The number of benzene rings is 4. The molecule has 3 aliphatic rings. The average molecular weight is 1050 g/mol. The number of fused-ring (bicyclic) bond motifs is 1. The quantitative estimate of drug-likeness (QED) is 0.124. The van der Waals surface area contributed by atoms with Crippen molar-refractivity contribution in [3.63, 3.8) is 0 Å². The third-order valence-corrected chi connectivity index (χ3v) is 12.5. The van der Waals surface area contributed by atoms with Crippen molar-refractivity contribution in [3.05, 3.63) is 117 Å². The lowest BCUT2D eigenvalue weighted by Crippen LogP contribution is -2.44. The molecule has 2 atom stereocenters. The zero-order valence-electron chi connectivity index (χ0n) is 31.7. The molecular weight excluding hydrogens is 1010 g/mol. The van der Waals surface area contributed by atoms with Gasteiger partial charge in [-0.05, 0) is 84.8 Å². The topological polar surface area (TPSA) is 221 Å². The Bertz CT molecular complexity index is 2390. The fraction of sp³-hybridized carbons (Fsp3) is 0.263. The van der Waals surface area contributed by atoms with Crippen molar-refractivity contribution in [2.75, 3.05) is 24.1 Å². The molecule has 2 unspecified atom stereocenters. The van der Waals surface area contributed by atoms with Crippen LogP contribution in [0, 0.1) is 0 Å². The minimum Gasteiger partial charge on any atom is -0.445 e. The lowest BCUT2D eigenvalue weighted by molar-refractivity contribution is -0.115. The number of primary sulfonamides is 1. The minimum absolute atomic E-state index is 0. The number of nitrogens with two attached hydrogens (primary N) is 2. The van der Waals surface area contributed by atoms with E-state index in [1.165, 1.54) is 28.0 Å². The summed E-state index contributed by atoms with van der Waals surface area (Å²) in [5.74, 6) is 0.250. The third kappa shape index (κ3) is 13.8. The van der Waals surface area contributed by atoms with Gasteiger partial charge in [0, 0.05) is 22.0 Å². The van der Waals surface area contributed by atoms with Gasteiger partial charge in [-0.2, -0.15) is 35.4 Å². The minimum atomic E-state index is -3.82. The zero-order valence-corrected chi connectivity index (χ0v) is 39.2. The molecule has 60 heavy (non-hydrogen) atoms. The molecule has 7 rings (SSSR count). The summed E-state index contributed by atoms with van der Waals surface area (Å²) in [7, 11) is -7.52. The Morgan fingerprint density at radius 3 is 1.87 bits per heavy atom. The maximum atomic E-state index is 12.6. The number of nitrogens with one attached hydrogen (secondary N) is 1. The van der Waals surface area contributed by atoms with Gasteiger partial charge in [0.15, 0.2) is 0 Å². The van der Waals surface area contributed by atoms with E-state index in [4.69, 9.17) is 31.9 Å². The van der Waals surface area contributed by atoms with Gasteiger partial charge < -0.3 is 20.5 Å². The molecule has 2 amide bonds. The van der Waals surface area contributed by atoms with Crippen LogP contribution in [0.1, 0.15) is 36.8 Å². The first kappa shape index (κ1) is 50.5. The van der Waals surface area contributed by atoms with E-state index in [1.54, 1.807) is 18.2 Å². The second-order valence-corrected chi connectivity index (χ2v) is 18.3. The van der Waals surface area contributed by atoms with E-state index in [-0.39, 0.29) is 61.5 Å². The molecular formula is C38H43Br2ClN6O9S4. The van der Waals surface area contributed by atoms with E-state index in [0.717, 1.165) is 28.4 Å². The summed E-state index contributed by atoms with van der Waals surface area (Å²) in [5.41, 5.74) is 7.82. The number of nitrogens with zero attached hydrogens (tertiary/aromatic N) is 3. The number of ether oxygens (including phenoxy) is 2. The summed E-state index contributed by atoms with van der Waals surface area (Å²) in [6, 6.07) is 27.1. The van der Waals surface area contributed by atoms with E-state index in [9.17, 15) is 31.2 Å². The molecule has 3 aliphatic heterocycles. The molecule has 4 aromatic carbocycles. The highest BCUT2D eigenvalue weighted by Crippen LogP contribution is 2.33. The molecule has 0 aliphatic carbocycles. The molecule has 22 heteroatoms. The molecule has 15 nitrogen and oxygen atoms in total. The zero-order chi connectivity index (χ0) is 42.0. The van der Waals surface area contributed by atoms with Crippen LogP contribution >= 0.6 is 70.5 Å². The fourth-order valence-electron chi connectivity index (χ4n) is 6.18. The summed E-state index contributed by atoms with van der Waals surface area (Å²) in [6.07, 6.45) is 1.80. The van der Waals surface area contributed by atoms with E-state index < -0.39 is 49.6 Å². The molecule has 0 aromatic heterocycles. The third-order valence-electron chi connectivity index (χ3n) is 8.94. The van der Waals surface area contributed by atoms with Crippen LogP contribution in [0.2, 0.25) is 0 Å². The molecule has 4 aromatic rings. The number of amidine groups is 1. The van der Waals surface area contributed by atoms with Crippen LogP contribution in [0.4, 0.5) is 21.0 Å². The number of carbonyl (C=O) groups excluding carboxylic acids is 3. The second kappa shape index (κ2) is 22.9. The van der Waals surface area contributed by atoms with E-state index in [1.807, 2.05) is 60.7 Å².